The van der Waals surface area contributed by atoms with Crippen molar-refractivity contribution >= 4 is 29.7 Å². The number of thiophene rings is 1. The minimum atomic E-state index is 0.608. The van der Waals surface area contributed by atoms with Crippen molar-refractivity contribution in [2.45, 2.75) is 25.7 Å². The summed E-state index contributed by atoms with van der Waals surface area (Å²) in [5.74, 6) is 0. The molecule has 0 aliphatic carbocycles. The fourth-order valence-electron chi connectivity index (χ4n) is 1.11. The van der Waals surface area contributed by atoms with Crippen molar-refractivity contribution in [2.75, 3.05) is 0 Å². The predicted molar refractivity (Wildman–Crippen MR) is 53.5 cm³/mol. The lowest BCUT2D eigenvalue weighted by atomic mass is 10.2. The normalized spacial score (nSPS) is 10.2. The van der Waals surface area contributed by atoms with Gasteiger partial charge in [-0.25, -0.2) is 0 Å². The molecule has 0 radical (unpaired) electrons. The van der Waals surface area contributed by atoms with Gasteiger partial charge in [0.1, 0.15) is 0 Å². The van der Waals surface area contributed by atoms with Gasteiger partial charge in [-0.2, -0.15) is 0 Å². The van der Waals surface area contributed by atoms with E-state index in [9.17, 15) is 0 Å². The molecule has 0 fully saturated rings. The Kier molecular flexibility index (Phi) is 2.40. The van der Waals surface area contributed by atoms with Crippen molar-refractivity contribution in [3.8, 4) is 0 Å². The summed E-state index contributed by atoms with van der Waals surface area (Å²) in [5.41, 5.74) is 1.62. The Balaban J connectivity index is 3.34. The van der Waals surface area contributed by atoms with Gasteiger partial charge in [0.2, 0.25) is 0 Å². The van der Waals surface area contributed by atoms with E-state index in [1.165, 1.54) is 9.75 Å². The predicted octanol–water partition coefficient (Wildman–Crippen LogP) is 3.04. The molecule has 0 saturated heterocycles. The summed E-state index contributed by atoms with van der Waals surface area (Å²) in [6.45, 7) is 5.87. The van der Waals surface area contributed by atoms with E-state index in [1.807, 2.05) is 13.8 Å². The van der Waals surface area contributed by atoms with Gasteiger partial charge in [0.25, 0.3) is 0 Å². The average Bonchev–Trinajstić information content (AvgIpc) is 2.07. The van der Waals surface area contributed by atoms with Crippen LogP contribution in [-0.4, -0.2) is 5.71 Å². The summed E-state index contributed by atoms with van der Waals surface area (Å²) in [4.78, 5) is 3.37. The fourth-order valence-corrected chi connectivity index (χ4v) is 2.68. The molecule has 3 heteroatoms. The summed E-state index contributed by atoms with van der Waals surface area (Å²) in [6.07, 6.45) is 0. The van der Waals surface area contributed by atoms with Gasteiger partial charge in [0.05, 0.1) is 0 Å². The Labute approximate surface area is 76.4 Å². The molecule has 0 bridgehead atoms. The van der Waals surface area contributed by atoms with E-state index in [-0.39, 0.29) is 0 Å². The second-order valence-electron chi connectivity index (χ2n) is 2.56. The molecular weight excluding hydrogens is 174 g/mol. The van der Waals surface area contributed by atoms with E-state index in [4.69, 9.17) is 5.41 Å². The molecule has 1 aromatic rings. The van der Waals surface area contributed by atoms with Crippen LogP contribution in [-0.2, 0) is 0 Å². The summed E-state index contributed by atoms with van der Waals surface area (Å²) in [5, 5.41) is 7.49. The summed E-state index contributed by atoms with van der Waals surface area (Å²) in [6, 6.07) is 0. The lowest BCUT2D eigenvalue weighted by Crippen LogP contribution is -1.92. The van der Waals surface area contributed by atoms with E-state index in [2.05, 4.69) is 12.6 Å². The van der Waals surface area contributed by atoms with Crippen LogP contribution in [0.1, 0.15) is 22.2 Å². The molecule has 0 unspecified atom stereocenters. The van der Waals surface area contributed by atoms with E-state index in [1.54, 1.807) is 18.3 Å². The van der Waals surface area contributed by atoms with Crippen LogP contribution in [0.5, 0.6) is 0 Å². The third kappa shape index (κ3) is 1.49. The number of aryl methyl sites for hydroxylation is 2. The van der Waals surface area contributed by atoms with Crippen LogP contribution in [0.3, 0.4) is 0 Å². The Morgan fingerprint density at radius 2 is 1.91 bits per heavy atom. The number of nitrogens with one attached hydrogen (secondary N) is 1. The van der Waals surface area contributed by atoms with Crippen molar-refractivity contribution in [1.29, 1.82) is 5.41 Å². The van der Waals surface area contributed by atoms with Gasteiger partial charge in [-0.3, -0.25) is 0 Å². The number of hydrogen-bond donors (Lipinski definition) is 2. The number of rotatable bonds is 1. The van der Waals surface area contributed by atoms with Crippen LogP contribution in [0.4, 0.5) is 0 Å². The monoisotopic (exact) mass is 185 g/mol. The molecule has 0 spiro atoms. The SMILES string of the molecule is CC(=N)c1c(C)sc(C)c1S. The highest BCUT2D eigenvalue weighted by atomic mass is 32.1. The highest BCUT2D eigenvalue weighted by molar-refractivity contribution is 7.80. The first kappa shape index (κ1) is 8.81. The Morgan fingerprint density at radius 1 is 1.36 bits per heavy atom. The summed E-state index contributed by atoms with van der Waals surface area (Å²) < 4.78 is 0. The molecule has 1 N–H and O–H groups in total. The van der Waals surface area contributed by atoms with E-state index in [0.29, 0.717) is 5.71 Å². The van der Waals surface area contributed by atoms with Gasteiger partial charge in [0.15, 0.2) is 0 Å². The summed E-state index contributed by atoms with van der Waals surface area (Å²) >= 11 is 6.05. The molecule has 0 aliphatic rings. The number of thiol groups is 1. The minimum absolute atomic E-state index is 0.608. The molecule has 0 atom stereocenters. The van der Waals surface area contributed by atoms with E-state index >= 15 is 0 Å². The molecule has 1 aromatic heterocycles. The molecule has 60 valence electrons. The molecule has 1 heterocycles. The van der Waals surface area contributed by atoms with Crippen molar-refractivity contribution in [1.82, 2.24) is 0 Å². The first-order chi connectivity index (χ1) is 5.04. The molecule has 0 amide bonds. The molecular formula is C8H11NS2. The summed E-state index contributed by atoms with van der Waals surface area (Å²) in [7, 11) is 0. The highest BCUT2D eigenvalue weighted by Gasteiger charge is 2.10. The first-order valence-corrected chi connectivity index (χ1v) is 4.65. The molecule has 0 aromatic carbocycles. The lowest BCUT2D eigenvalue weighted by Gasteiger charge is -1.96. The average molecular weight is 185 g/mol. The van der Waals surface area contributed by atoms with Gasteiger partial charge in [-0.15, -0.1) is 24.0 Å². The maximum atomic E-state index is 7.49. The van der Waals surface area contributed by atoms with Crippen LogP contribution >= 0.6 is 24.0 Å². The lowest BCUT2D eigenvalue weighted by molar-refractivity contribution is 1.34. The molecule has 11 heavy (non-hydrogen) atoms. The van der Waals surface area contributed by atoms with Crippen LogP contribution in [0.2, 0.25) is 0 Å². The van der Waals surface area contributed by atoms with Crippen molar-refractivity contribution in [2.24, 2.45) is 0 Å². The standard InChI is InChI=1S/C8H11NS2/c1-4(9)7-5(2)11-6(3)8(7)10/h9-10H,1-3H3. The van der Waals surface area contributed by atoms with Gasteiger partial charge < -0.3 is 5.41 Å². The van der Waals surface area contributed by atoms with Crippen molar-refractivity contribution in [3.05, 3.63) is 15.3 Å². The van der Waals surface area contributed by atoms with Crippen LogP contribution < -0.4 is 0 Å². The third-order valence-corrected chi connectivity index (χ3v) is 3.33. The number of hydrogen-bond acceptors (Lipinski definition) is 3. The van der Waals surface area contributed by atoms with Crippen molar-refractivity contribution < 1.29 is 0 Å². The first-order valence-electron chi connectivity index (χ1n) is 3.38. The van der Waals surface area contributed by atoms with Gasteiger partial charge in [0, 0.05) is 25.9 Å². The Morgan fingerprint density at radius 3 is 2.09 bits per heavy atom. The van der Waals surface area contributed by atoms with Gasteiger partial charge >= 0.3 is 0 Å². The highest BCUT2D eigenvalue weighted by Crippen LogP contribution is 2.30. The van der Waals surface area contributed by atoms with Gasteiger partial charge in [-0.05, 0) is 20.8 Å². The van der Waals surface area contributed by atoms with E-state index < -0.39 is 0 Å². The maximum Gasteiger partial charge on any atom is 0.0377 e. The second-order valence-corrected chi connectivity index (χ2v) is 4.44. The fraction of sp³-hybridized carbons (Fsp3) is 0.375. The van der Waals surface area contributed by atoms with E-state index in [0.717, 1.165) is 10.5 Å². The second kappa shape index (κ2) is 2.99. The largest absolute Gasteiger partial charge is 0.305 e. The zero-order valence-corrected chi connectivity index (χ0v) is 8.57. The van der Waals surface area contributed by atoms with Crippen molar-refractivity contribution in [3.63, 3.8) is 0 Å². The molecule has 1 rings (SSSR count). The molecule has 0 aliphatic heterocycles. The zero-order chi connectivity index (χ0) is 8.59. The topological polar surface area (TPSA) is 23.9 Å². The Hall–Kier alpha value is -0.280. The molecule has 1 nitrogen and oxygen atoms in total. The zero-order valence-electron chi connectivity index (χ0n) is 6.86. The smallest absolute Gasteiger partial charge is 0.0377 e. The van der Waals surface area contributed by atoms with Crippen LogP contribution in [0.15, 0.2) is 4.90 Å². The molecule has 0 saturated carbocycles. The third-order valence-electron chi connectivity index (χ3n) is 1.60. The van der Waals surface area contributed by atoms with Crippen LogP contribution in [0, 0.1) is 19.3 Å². The van der Waals surface area contributed by atoms with Crippen LogP contribution in [0.25, 0.3) is 0 Å². The maximum absolute atomic E-state index is 7.49. The van der Waals surface area contributed by atoms with Gasteiger partial charge in [-0.1, -0.05) is 0 Å². The quantitative estimate of drug-likeness (QED) is 0.496. The Bertz CT molecular complexity index is 299. The minimum Gasteiger partial charge on any atom is -0.305 e.